The molecule has 0 saturated carbocycles. The molecule has 0 bridgehead atoms. The van der Waals surface area contributed by atoms with Gasteiger partial charge in [-0.05, 0) is 36.2 Å². The molecule has 0 saturated heterocycles. The van der Waals surface area contributed by atoms with E-state index in [1.165, 1.54) is 0 Å². The van der Waals surface area contributed by atoms with Crippen LogP contribution < -0.4 is 14.8 Å². The second-order valence-electron chi connectivity index (χ2n) is 9.29. The zero-order valence-corrected chi connectivity index (χ0v) is 19.5. The molecular weight excluding hydrogens is 456 g/mol. The number of hydrogen-bond acceptors (Lipinski definition) is 7. The van der Waals surface area contributed by atoms with Crippen LogP contribution in [0.15, 0.2) is 82.6 Å². The van der Waals surface area contributed by atoms with Crippen LogP contribution in [0.2, 0.25) is 0 Å². The highest BCUT2D eigenvalue weighted by Gasteiger charge is 2.40. The summed E-state index contributed by atoms with van der Waals surface area (Å²) in [5.41, 5.74) is 3.40. The van der Waals surface area contributed by atoms with Crippen molar-refractivity contribution in [2.75, 3.05) is 18.5 Å². The smallest absolute Gasteiger partial charge is 0.226 e. The summed E-state index contributed by atoms with van der Waals surface area (Å²) in [6.45, 7) is 1.21. The number of rotatable bonds is 3. The van der Waals surface area contributed by atoms with Crippen LogP contribution in [-0.4, -0.2) is 33.8 Å². The van der Waals surface area contributed by atoms with Gasteiger partial charge in [-0.2, -0.15) is 4.98 Å². The maximum atomic E-state index is 13.7. The number of aromatic nitrogens is 3. The summed E-state index contributed by atoms with van der Waals surface area (Å²) in [6, 6.07) is 19.1. The van der Waals surface area contributed by atoms with Gasteiger partial charge < -0.3 is 19.2 Å². The third-order valence-electron chi connectivity index (χ3n) is 6.98. The molecule has 0 fully saturated rings. The first kappa shape index (κ1) is 21.0. The Hall–Kier alpha value is -4.33. The molecule has 8 heteroatoms. The van der Waals surface area contributed by atoms with E-state index in [2.05, 4.69) is 5.32 Å². The van der Waals surface area contributed by atoms with Gasteiger partial charge in [0.1, 0.15) is 11.8 Å². The van der Waals surface area contributed by atoms with E-state index in [-0.39, 0.29) is 11.7 Å². The minimum Gasteiger partial charge on any atom is -0.490 e. The molecule has 2 aromatic heterocycles. The number of ketones is 1. The SMILES string of the molecule is O=C1CC(c2ccco2)CC2=C1C(c1ccc3c(c1)OCCCO3)n1nc(-c3ccccc3)nc1N2. The molecule has 180 valence electrons. The largest absolute Gasteiger partial charge is 0.490 e. The number of allylic oxidation sites excluding steroid dienone is 2. The summed E-state index contributed by atoms with van der Waals surface area (Å²) in [4.78, 5) is 18.5. The van der Waals surface area contributed by atoms with Gasteiger partial charge in [0, 0.05) is 35.6 Å². The minimum atomic E-state index is -0.427. The monoisotopic (exact) mass is 480 g/mol. The molecular formula is C28H24N4O4. The molecule has 0 spiro atoms. The molecule has 1 aliphatic carbocycles. The van der Waals surface area contributed by atoms with Crippen molar-refractivity contribution in [3.8, 4) is 22.9 Å². The van der Waals surface area contributed by atoms with Crippen LogP contribution in [0.1, 0.15) is 42.5 Å². The van der Waals surface area contributed by atoms with Gasteiger partial charge in [-0.15, -0.1) is 5.10 Å². The number of benzene rings is 2. The maximum Gasteiger partial charge on any atom is 0.226 e. The average molecular weight is 481 g/mol. The standard InChI is InChI=1S/C28H24N4O4/c33-21-15-19(22-8-4-11-34-22)14-20-25(21)26(18-9-10-23-24(16-18)36-13-5-12-35-23)32-28(29-20)30-27(31-32)17-6-2-1-3-7-17/h1-4,6-11,16,19,26H,5,12-15H2,(H,29,30,31). The summed E-state index contributed by atoms with van der Waals surface area (Å²) in [6.07, 6.45) is 3.52. The zero-order chi connectivity index (χ0) is 24.1. The van der Waals surface area contributed by atoms with E-state index in [0.29, 0.717) is 49.2 Å². The molecule has 2 aliphatic heterocycles. The van der Waals surface area contributed by atoms with E-state index in [1.807, 2.05) is 65.3 Å². The zero-order valence-electron chi connectivity index (χ0n) is 19.5. The summed E-state index contributed by atoms with van der Waals surface area (Å²) >= 11 is 0. The number of furan rings is 1. The van der Waals surface area contributed by atoms with Gasteiger partial charge in [0.2, 0.25) is 5.95 Å². The summed E-state index contributed by atoms with van der Waals surface area (Å²) in [5.74, 6) is 3.49. The molecule has 0 amide bonds. The van der Waals surface area contributed by atoms with Gasteiger partial charge in [-0.3, -0.25) is 4.79 Å². The number of carbonyl (C=O) groups is 1. The van der Waals surface area contributed by atoms with Crippen LogP contribution in [0.4, 0.5) is 5.95 Å². The van der Waals surface area contributed by atoms with E-state index in [1.54, 1.807) is 6.26 Å². The van der Waals surface area contributed by atoms with Crippen LogP contribution in [0, 0.1) is 0 Å². The first-order chi connectivity index (χ1) is 17.7. The molecule has 4 heterocycles. The number of nitrogens with one attached hydrogen (secondary N) is 1. The minimum absolute atomic E-state index is 0.0220. The van der Waals surface area contributed by atoms with Gasteiger partial charge in [0.05, 0.1) is 19.5 Å². The Morgan fingerprint density at radius 1 is 0.944 bits per heavy atom. The van der Waals surface area contributed by atoms with E-state index >= 15 is 0 Å². The fourth-order valence-corrected chi connectivity index (χ4v) is 5.30. The highest BCUT2D eigenvalue weighted by molar-refractivity contribution is 6.00. The van der Waals surface area contributed by atoms with Crippen molar-refractivity contribution < 1.29 is 18.7 Å². The van der Waals surface area contributed by atoms with Crippen LogP contribution in [-0.2, 0) is 4.79 Å². The van der Waals surface area contributed by atoms with Crippen molar-refractivity contribution in [3.63, 3.8) is 0 Å². The van der Waals surface area contributed by atoms with E-state index in [0.717, 1.165) is 34.8 Å². The fourth-order valence-electron chi connectivity index (χ4n) is 5.30. The number of Topliss-reactive ketones (excluding diaryl/α,β-unsaturated/α-hetero) is 1. The number of hydrogen-bond donors (Lipinski definition) is 1. The van der Waals surface area contributed by atoms with Gasteiger partial charge >= 0.3 is 0 Å². The number of anilines is 1. The summed E-state index contributed by atoms with van der Waals surface area (Å²) in [5, 5.41) is 8.30. The Morgan fingerprint density at radius 2 is 1.81 bits per heavy atom. The third-order valence-corrected chi connectivity index (χ3v) is 6.98. The van der Waals surface area contributed by atoms with Crippen molar-refractivity contribution in [2.24, 2.45) is 0 Å². The molecule has 2 aromatic carbocycles. The molecule has 2 unspecified atom stereocenters. The second kappa shape index (κ2) is 8.41. The molecule has 3 aliphatic rings. The Balaban J connectivity index is 1.36. The average Bonchev–Trinajstić information content (AvgIpc) is 3.53. The van der Waals surface area contributed by atoms with Gasteiger partial charge in [-0.25, -0.2) is 4.68 Å². The highest BCUT2D eigenvalue weighted by atomic mass is 16.5. The lowest BCUT2D eigenvalue weighted by atomic mass is 9.79. The van der Waals surface area contributed by atoms with Crippen molar-refractivity contribution in [2.45, 2.75) is 31.2 Å². The van der Waals surface area contributed by atoms with Gasteiger partial charge in [0.15, 0.2) is 23.1 Å². The lowest BCUT2D eigenvalue weighted by Gasteiger charge is -2.34. The van der Waals surface area contributed by atoms with Crippen LogP contribution >= 0.6 is 0 Å². The summed E-state index contributed by atoms with van der Waals surface area (Å²) in [7, 11) is 0. The molecule has 0 radical (unpaired) electrons. The first-order valence-corrected chi connectivity index (χ1v) is 12.2. The predicted molar refractivity (Wildman–Crippen MR) is 132 cm³/mol. The fraction of sp³-hybridized carbons (Fsp3) is 0.250. The number of carbonyl (C=O) groups excluding carboxylic acids is 1. The number of ether oxygens (including phenoxy) is 2. The molecule has 36 heavy (non-hydrogen) atoms. The number of nitrogens with zero attached hydrogens (tertiary/aromatic N) is 3. The number of fused-ring (bicyclic) bond motifs is 2. The molecule has 7 rings (SSSR count). The lowest BCUT2D eigenvalue weighted by molar-refractivity contribution is -0.117. The van der Waals surface area contributed by atoms with Crippen molar-refractivity contribution in [3.05, 3.63) is 89.5 Å². The molecule has 8 nitrogen and oxygen atoms in total. The molecule has 2 atom stereocenters. The van der Waals surface area contributed by atoms with Crippen molar-refractivity contribution in [1.82, 2.24) is 14.8 Å². The van der Waals surface area contributed by atoms with Crippen molar-refractivity contribution in [1.29, 1.82) is 0 Å². The predicted octanol–water partition coefficient (Wildman–Crippen LogP) is 5.12. The Morgan fingerprint density at radius 3 is 2.64 bits per heavy atom. The topological polar surface area (TPSA) is 91.4 Å². The Labute approximate surface area is 207 Å². The third kappa shape index (κ3) is 3.48. The first-order valence-electron chi connectivity index (χ1n) is 12.2. The van der Waals surface area contributed by atoms with Crippen LogP contribution in [0.3, 0.4) is 0 Å². The quantitative estimate of drug-likeness (QED) is 0.435. The van der Waals surface area contributed by atoms with Gasteiger partial charge in [0.25, 0.3) is 0 Å². The maximum absolute atomic E-state index is 13.7. The second-order valence-corrected chi connectivity index (χ2v) is 9.29. The molecule has 1 N–H and O–H groups in total. The lowest BCUT2D eigenvalue weighted by Crippen LogP contribution is -2.33. The van der Waals surface area contributed by atoms with Crippen LogP contribution in [0.5, 0.6) is 11.5 Å². The molecule has 4 aromatic rings. The summed E-state index contributed by atoms with van der Waals surface area (Å²) < 4.78 is 19.3. The van der Waals surface area contributed by atoms with E-state index < -0.39 is 6.04 Å². The van der Waals surface area contributed by atoms with E-state index in [9.17, 15) is 4.79 Å². The normalized spacial score (nSPS) is 20.8. The highest BCUT2D eigenvalue weighted by Crippen LogP contribution is 2.46. The van der Waals surface area contributed by atoms with Gasteiger partial charge in [-0.1, -0.05) is 36.4 Å². The Bertz CT molecular complexity index is 1470. The van der Waals surface area contributed by atoms with Crippen molar-refractivity contribution >= 4 is 11.7 Å². The Kier molecular flexibility index (Phi) is 4.90. The van der Waals surface area contributed by atoms with Crippen LogP contribution in [0.25, 0.3) is 11.4 Å². The van der Waals surface area contributed by atoms with E-state index in [4.69, 9.17) is 24.0 Å².